The quantitative estimate of drug-likeness (QED) is 0.904. The van der Waals surface area contributed by atoms with E-state index in [1.165, 1.54) is 12.3 Å². The molecule has 1 heterocycles. The summed E-state index contributed by atoms with van der Waals surface area (Å²) in [5, 5.41) is 4.05. The van der Waals surface area contributed by atoms with E-state index >= 15 is 0 Å². The number of pyridine rings is 1. The van der Waals surface area contributed by atoms with Crippen LogP contribution in [0, 0.1) is 0 Å². The SMILES string of the molecule is CC(CCN(C)C)Nc1ccnc2cc(C(F)(F)F)ccc12. The van der Waals surface area contributed by atoms with Gasteiger partial charge in [-0.2, -0.15) is 13.2 Å². The summed E-state index contributed by atoms with van der Waals surface area (Å²) in [5.74, 6) is 0. The molecule has 22 heavy (non-hydrogen) atoms. The summed E-state index contributed by atoms with van der Waals surface area (Å²) in [4.78, 5) is 6.14. The molecular formula is C16H20F3N3. The van der Waals surface area contributed by atoms with Crippen molar-refractivity contribution in [2.75, 3.05) is 26.0 Å². The van der Waals surface area contributed by atoms with Gasteiger partial charge in [0.05, 0.1) is 11.1 Å². The van der Waals surface area contributed by atoms with Gasteiger partial charge in [-0.05, 0) is 52.2 Å². The Morgan fingerprint density at radius 1 is 1.23 bits per heavy atom. The average Bonchev–Trinajstić information content (AvgIpc) is 2.44. The van der Waals surface area contributed by atoms with E-state index < -0.39 is 11.7 Å². The highest BCUT2D eigenvalue weighted by molar-refractivity contribution is 5.91. The van der Waals surface area contributed by atoms with E-state index in [-0.39, 0.29) is 6.04 Å². The minimum Gasteiger partial charge on any atom is -0.382 e. The van der Waals surface area contributed by atoms with Gasteiger partial charge in [-0.3, -0.25) is 4.98 Å². The standard InChI is InChI=1S/C16H20F3N3/c1-11(7-9-22(2)3)21-14-6-8-20-15-10-12(16(17,18)19)4-5-13(14)15/h4-6,8,10-11H,7,9H2,1-3H3,(H,20,21). The first kappa shape index (κ1) is 16.5. The molecule has 1 aromatic heterocycles. The van der Waals surface area contributed by atoms with Crippen LogP contribution in [0.5, 0.6) is 0 Å². The first-order valence-corrected chi connectivity index (χ1v) is 7.14. The number of benzene rings is 1. The second kappa shape index (κ2) is 6.52. The number of anilines is 1. The van der Waals surface area contributed by atoms with Crippen molar-refractivity contribution in [3.8, 4) is 0 Å². The molecule has 0 amide bonds. The Morgan fingerprint density at radius 3 is 2.59 bits per heavy atom. The second-order valence-electron chi connectivity index (χ2n) is 5.73. The summed E-state index contributed by atoms with van der Waals surface area (Å²) in [6, 6.07) is 5.67. The van der Waals surface area contributed by atoms with Gasteiger partial charge in [0.2, 0.25) is 0 Å². The van der Waals surface area contributed by atoms with Crippen molar-refractivity contribution in [2.45, 2.75) is 25.6 Å². The Bertz CT molecular complexity index is 638. The minimum atomic E-state index is -4.35. The summed E-state index contributed by atoms with van der Waals surface area (Å²) in [6.45, 7) is 3.00. The first-order chi connectivity index (χ1) is 10.3. The molecule has 120 valence electrons. The van der Waals surface area contributed by atoms with Crippen LogP contribution in [0.2, 0.25) is 0 Å². The summed E-state index contributed by atoms with van der Waals surface area (Å²) in [5.41, 5.74) is 0.481. The van der Waals surface area contributed by atoms with Crippen LogP contribution in [0.4, 0.5) is 18.9 Å². The van der Waals surface area contributed by atoms with Gasteiger partial charge in [0.25, 0.3) is 0 Å². The van der Waals surface area contributed by atoms with Gasteiger partial charge in [-0.1, -0.05) is 6.07 Å². The number of aromatic nitrogens is 1. The first-order valence-electron chi connectivity index (χ1n) is 7.14. The monoisotopic (exact) mass is 311 g/mol. The number of alkyl halides is 3. The van der Waals surface area contributed by atoms with Crippen molar-refractivity contribution in [1.29, 1.82) is 0 Å². The van der Waals surface area contributed by atoms with Crippen LogP contribution < -0.4 is 5.32 Å². The molecule has 1 unspecified atom stereocenters. The second-order valence-corrected chi connectivity index (χ2v) is 5.73. The highest BCUT2D eigenvalue weighted by atomic mass is 19.4. The molecule has 0 aliphatic carbocycles. The van der Waals surface area contributed by atoms with Crippen molar-refractivity contribution >= 4 is 16.6 Å². The van der Waals surface area contributed by atoms with Gasteiger partial charge in [-0.15, -0.1) is 0 Å². The van der Waals surface area contributed by atoms with Gasteiger partial charge in [-0.25, -0.2) is 0 Å². The summed E-state index contributed by atoms with van der Waals surface area (Å²) in [6.07, 6.45) is -1.88. The van der Waals surface area contributed by atoms with Crippen LogP contribution in [0.15, 0.2) is 30.5 Å². The molecular weight excluding hydrogens is 291 g/mol. The number of fused-ring (bicyclic) bond motifs is 1. The molecule has 6 heteroatoms. The lowest BCUT2D eigenvalue weighted by Gasteiger charge is -2.19. The Kier molecular flexibility index (Phi) is 4.90. The van der Waals surface area contributed by atoms with Crippen LogP contribution in [0.1, 0.15) is 18.9 Å². The van der Waals surface area contributed by atoms with Crippen molar-refractivity contribution in [1.82, 2.24) is 9.88 Å². The van der Waals surface area contributed by atoms with E-state index in [9.17, 15) is 13.2 Å². The van der Waals surface area contributed by atoms with Gasteiger partial charge in [0.1, 0.15) is 0 Å². The largest absolute Gasteiger partial charge is 0.416 e. The molecule has 2 aromatic rings. The van der Waals surface area contributed by atoms with Crippen molar-refractivity contribution in [3.63, 3.8) is 0 Å². The van der Waals surface area contributed by atoms with E-state index in [0.717, 1.165) is 30.8 Å². The van der Waals surface area contributed by atoms with Gasteiger partial charge >= 0.3 is 6.18 Å². The fourth-order valence-corrected chi connectivity index (χ4v) is 2.24. The highest BCUT2D eigenvalue weighted by Gasteiger charge is 2.30. The molecule has 0 saturated carbocycles. The number of halogens is 3. The predicted octanol–water partition coefficient (Wildman–Crippen LogP) is 4.01. The van der Waals surface area contributed by atoms with Crippen LogP contribution in [-0.2, 0) is 6.18 Å². The smallest absolute Gasteiger partial charge is 0.382 e. The zero-order valence-corrected chi connectivity index (χ0v) is 12.9. The normalized spacial score (nSPS) is 13.6. The lowest BCUT2D eigenvalue weighted by Crippen LogP contribution is -2.23. The third-order valence-corrected chi connectivity index (χ3v) is 3.48. The molecule has 3 nitrogen and oxygen atoms in total. The number of hydrogen-bond donors (Lipinski definition) is 1. The zero-order valence-electron chi connectivity index (χ0n) is 12.9. The fraction of sp³-hybridized carbons (Fsp3) is 0.438. The Morgan fingerprint density at radius 2 is 1.95 bits per heavy atom. The summed E-state index contributed by atoms with van der Waals surface area (Å²) >= 11 is 0. The number of hydrogen-bond acceptors (Lipinski definition) is 3. The van der Waals surface area contributed by atoms with Gasteiger partial charge in [0.15, 0.2) is 0 Å². The van der Waals surface area contributed by atoms with Gasteiger partial charge < -0.3 is 10.2 Å². The highest BCUT2D eigenvalue weighted by Crippen LogP contribution is 2.32. The molecule has 1 aromatic carbocycles. The molecule has 0 aliphatic rings. The van der Waals surface area contributed by atoms with E-state index in [2.05, 4.69) is 22.1 Å². The van der Waals surface area contributed by atoms with Crippen LogP contribution >= 0.6 is 0 Å². The van der Waals surface area contributed by atoms with Crippen molar-refractivity contribution in [2.24, 2.45) is 0 Å². The van der Waals surface area contributed by atoms with E-state index in [4.69, 9.17) is 0 Å². The topological polar surface area (TPSA) is 28.2 Å². The average molecular weight is 311 g/mol. The Labute approximate surface area is 128 Å². The van der Waals surface area contributed by atoms with E-state index in [0.29, 0.717) is 10.9 Å². The molecule has 0 aliphatic heterocycles. The Balaban J connectivity index is 2.24. The third-order valence-electron chi connectivity index (χ3n) is 3.48. The lowest BCUT2D eigenvalue weighted by atomic mass is 10.1. The molecule has 0 bridgehead atoms. The van der Waals surface area contributed by atoms with Gasteiger partial charge in [0, 0.05) is 23.3 Å². The minimum absolute atomic E-state index is 0.218. The maximum atomic E-state index is 12.8. The predicted molar refractivity (Wildman–Crippen MR) is 83.0 cm³/mol. The number of nitrogens with one attached hydrogen (secondary N) is 1. The lowest BCUT2D eigenvalue weighted by molar-refractivity contribution is -0.137. The van der Waals surface area contributed by atoms with E-state index in [1.807, 2.05) is 14.1 Å². The molecule has 0 saturated heterocycles. The summed E-state index contributed by atoms with van der Waals surface area (Å²) < 4.78 is 38.3. The zero-order chi connectivity index (χ0) is 16.3. The molecule has 0 radical (unpaired) electrons. The summed E-state index contributed by atoms with van der Waals surface area (Å²) in [7, 11) is 4.01. The Hall–Kier alpha value is -1.82. The molecule has 0 fully saturated rings. The van der Waals surface area contributed by atoms with Crippen LogP contribution in [0.3, 0.4) is 0 Å². The maximum absolute atomic E-state index is 12.8. The fourth-order valence-electron chi connectivity index (χ4n) is 2.24. The number of nitrogens with zero attached hydrogens (tertiary/aromatic N) is 2. The third kappa shape index (κ3) is 4.10. The molecule has 0 spiro atoms. The maximum Gasteiger partial charge on any atom is 0.416 e. The van der Waals surface area contributed by atoms with Crippen LogP contribution in [0.25, 0.3) is 10.9 Å². The molecule has 1 N–H and O–H groups in total. The van der Waals surface area contributed by atoms with E-state index in [1.54, 1.807) is 6.07 Å². The van der Waals surface area contributed by atoms with Crippen molar-refractivity contribution in [3.05, 3.63) is 36.0 Å². The van der Waals surface area contributed by atoms with Crippen LogP contribution in [-0.4, -0.2) is 36.6 Å². The molecule has 1 atom stereocenters. The van der Waals surface area contributed by atoms with Crippen molar-refractivity contribution < 1.29 is 13.2 Å². The number of rotatable bonds is 5. The molecule has 2 rings (SSSR count).